The molecule has 0 saturated heterocycles. The minimum Gasteiger partial charge on any atom is -0.455 e. The Bertz CT molecular complexity index is 2850. The van der Waals surface area contributed by atoms with Gasteiger partial charge in [0.05, 0.1) is 5.56 Å². The molecule has 0 fully saturated rings. The quantitative estimate of drug-likeness (QED) is 0.166. The third-order valence-electron chi connectivity index (χ3n) is 10.2. The van der Waals surface area contributed by atoms with E-state index >= 15 is 0 Å². The van der Waals surface area contributed by atoms with Crippen LogP contribution in [-0.4, -0.2) is 15.0 Å². The summed E-state index contributed by atoms with van der Waals surface area (Å²) in [5.41, 5.74) is 13.1. The first-order valence-corrected chi connectivity index (χ1v) is 18.4. The third kappa shape index (κ3) is 6.16. The molecule has 0 saturated carbocycles. The standard InChI is InChI=1S/C51H33N3O/c1-4-14-34(15-5-1)37-28-30-38(31-29-37)43-24-12-25-44-45-26-13-27-46(48(45)55-47(43)44)51-53-49(41-22-10-20-39(32-41)35-16-6-2-7-17-35)52-50(54-51)42-23-11-21-40(33-42)36-18-8-3-9-19-36/h1-33H. The lowest BCUT2D eigenvalue weighted by Gasteiger charge is -2.11. The molecule has 0 bridgehead atoms. The van der Waals surface area contributed by atoms with Gasteiger partial charge < -0.3 is 4.42 Å². The number of hydrogen-bond acceptors (Lipinski definition) is 4. The van der Waals surface area contributed by atoms with Crippen LogP contribution in [0.1, 0.15) is 0 Å². The van der Waals surface area contributed by atoms with Crippen molar-refractivity contribution in [3.63, 3.8) is 0 Å². The number of fused-ring (bicyclic) bond motifs is 3. The van der Waals surface area contributed by atoms with Crippen molar-refractivity contribution in [1.82, 2.24) is 15.0 Å². The SMILES string of the molecule is c1ccc(-c2ccc(-c3cccc4c3oc3c(-c5nc(-c6cccc(-c7ccccc7)c6)nc(-c6cccc(-c7ccccc7)c6)n5)cccc34)cc2)cc1. The van der Waals surface area contributed by atoms with E-state index in [0.29, 0.717) is 17.5 Å². The Kier molecular flexibility index (Phi) is 8.12. The summed E-state index contributed by atoms with van der Waals surface area (Å²) in [5, 5.41) is 2.05. The van der Waals surface area contributed by atoms with Crippen LogP contribution in [0.2, 0.25) is 0 Å². The Morgan fingerprint density at radius 3 is 1.15 bits per heavy atom. The smallest absolute Gasteiger partial charge is 0.167 e. The highest BCUT2D eigenvalue weighted by molar-refractivity contribution is 6.12. The van der Waals surface area contributed by atoms with Crippen molar-refractivity contribution < 1.29 is 4.42 Å². The van der Waals surface area contributed by atoms with E-state index < -0.39 is 0 Å². The molecule has 10 rings (SSSR count). The summed E-state index contributed by atoms with van der Waals surface area (Å²) in [6.07, 6.45) is 0. The average Bonchev–Trinajstić information content (AvgIpc) is 3.67. The van der Waals surface area contributed by atoms with Crippen molar-refractivity contribution >= 4 is 21.9 Å². The zero-order valence-corrected chi connectivity index (χ0v) is 29.8. The van der Waals surface area contributed by atoms with Crippen LogP contribution in [0.4, 0.5) is 0 Å². The van der Waals surface area contributed by atoms with E-state index in [9.17, 15) is 0 Å². The molecule has 0 aliphatic heterocycles. The number of para-hydroxylation sites is 2. The minimum atomic E-state index is 0.550. The molecule has 0 amide bonds. The molecule has 55 heavy (non-hydrogen) atoms. The molecule has 258 valence electrons. The second-order valence-electron chi connectivity index (χ2n) is 13.6. The molecular weight excluding hydrogens is 671 g/mol. The lowest BCUT2D eigenvalue weighted by atomic mass is 9.98. The van der Waals surface area contributed by atoms with Gasteiger partial charge in [0.1, 0.15) is 11.2 Å². The highest BCUT2D eigenvalue weighted by Gasteiger charge is 2.20. The van der Waals surface area contributed by atoms with Gasteiger partial charge in [-0.3, -0.25) is 0 Å². The van der Waals surface area contributed by atoms with Gasteiger partial charge in [0, 0.05) is 27.5 Å². The van der Waals surface area contributed by atoms with Crippen LogP contribution >= 0.6 is 0 Å². The summed E-state index contributed by atoms with van der Waals surface area (Å²) < 4.78 is 6.88. The lowest BCUT2D eigenvalue weighted by Crippen LogP contribution is -2.00. The van der Waals surface area contributed by atoms with Gasteiger partial charge in [0.25, 0.3) is 0 Å². The fourth-order valence-electron chi connectivity index (χ4n) is 7.39. The molecule has 0 radical (unpaired) electrons. The summed E-state index contributed by atoms with van der Waals surface area (Å²) in [5.74, 6) is 1.74. The molecular formula is C51H33N3O. The van der Waals surface area contributed by atoms with E-state index in [2.05, 4.69) is 176 Å². The molecule has 0 atom stereocenters. The van der Waals surface area contributed by atoms with Crippen LogP contribution in [0.5, 0.6) is 0 Å². The summed E-state index contributed by atoms with van der Waals surface area (Å²) in [6, 6.07) is 69.2. The van der Waals surface area contributed by atoms with E-state index in [1.807, 2.05) is 24.3 Å². The first-order valence-electron chi connectivity index (χ1n) is 18.4. The number of furan rings is 1. The Morgan fingerprint density at radius 2 is 0.618 bits per heavy atom. The largest absolute Gasteiger partial charge is 0.455 e. The molecule has 8 aromatic carbocycles. The van der Waals surface area contributed by atoms with Gasteiger partial charge in [-0.15, -0.1) is 0 Å². The maximum Gasteiger partial charge on any atom is 0.167 e. The topological polar surface area (TPSA) is 51.8 Å². The van der Waals surface area contributed by atoms with Crippen LogP contribution < -0.4 is 0 Å². The zero-order valence-electron chi connectivity index (χ0n) is 29.8. The van der Waals surface area contributed by atoms with Gasteiger partial charge in [-0.05, 0) is 57.1 Å². The number of nitrogens with zero attached hydrogens (tertiary/aromatic N) is 3. The van der Waals surface area contributed by atoms with Crippen molar-refractivity contribution in [2.24, 2.45) is 0 Å². The van der Waals surface area contributed by atoms with Crippen molar-refractivity contribution in [3.05, 3.63) is 200 Å². The van der Waals surface area contributed by atoms with E-state index in [1.165, 1.54) is 11.1 Å². The maximum atomic E-state index is 6.88. The molecule has 2 heterocycles. The molecule has 0 spiro atoms. The molecule has 0 N–H and O–H groups in total. The van der Waals surface area contributed by atoms with Gasteiger partial charge in [0.15, 0.2) is 17.5 Å². The molecule has 0 aliphatic carbocycles. The zero-order chi connectivity index (χ0) is 36.6. The Labute approximate surface area is 319 Å². The second-order valence-corrected chi connectivity index (χ2v) is 13.6. The van der Waals surface area contributed by atoms with Crippen LogP contribution in [0.3, 0.4) is 0 Å². The summed E-state index contributed by atoms with van der Waals surface area (Å²) in [7, 11) is 0. The summed E-state index contributed by atoms with van der Waals surface area (Å²) in [6.45, 7) is 0. The third-order valence-corrected chi connectivity index (χ3v) is 10.2. The van der Waals surface area contributed by atoms with Crippen molar-refractivity contribution in [2.45, 2.75) is 0 Å². The Balaban J connectivity index is 1.13. The number of aromatic nitrogens is 3. The minimum absolute atomic E-state index is 0.550. The summed E-state index contributed by atoms with van der Waals surface area (Å²) >= 11 is 0. The molecule has 0 aliphatic rings. The van der Waals surface area contributed by atoms with Crippen molar-refractivity contribution in [2.75, 3.05) is 0 Å². The van der Waals surface area contributed by atoms with Gasteiger partial charge >= 0.3 is 0 Å². The predicted molar refractivity (Wildman–Crippen MR) is 225 cm³/mol. The van der Waals surface area contributed by atoms with Crippen molar-refractivity contribution in [3.8, 4) is 78.7 Å². The van der Waals surface area contributed by atoms with E-state index in [0.717, 1.165) is 72.0 Å². The molecule has 2 aromatic heterocycles. The second kappa shape index (κ2) is 13.8. The molecule has 10 aromatic rings. The lowest BCUT2D eigenvalue weighted by molar-refractivity contribution is 0.670. The maximum absolute atomic E-state index is 6.88. The van der Waals surface area contributed by atoms with E-state index in [-0.39, 0.29) is 0 Å². The highest BCUT2D eigenvalue weighted by atomic mass is 16.3. The summed E-state index contributed by atoms with van der Waals surface area (Å²) in [4.78, 5) is 15.5. The molecule has 0 unspecified atom stereocenters. The van der Waals surface area contributed by atoms with E-state index in [4.69, 9.17) is 19.4 Å². The molecule has 4 nitrogen and oxygen atoms in total. The predicted octanol–water partition coefficient (Wildman–Crippen LogP) is 13.4. The normalized spacial score (nSPS) is 11.3. The van der Waals surface area contributed by atoms with Gasteiger partial charge in [-0.2, -0.15) is 0 Å². The monoisotopic (exact) mass is 703 g/mol. The van der Waals surface area contributed by atoms with Crippen LogP contribution in [0.25, 0.3) is 101 Å². The van der Waals surface area contributed by atoms with Crippen LogP contribution in [0.15, 0.2) is 205 Å². The highest BCUT2D eigenvalue weighted by Crippen LogP contribution is 2.40. The van der Waals surface area contributed by atoms with Gasteiger partial charge in [-0.25, -0.2) is 15.0 Å². The Hall–Kier alpha value is -7.43. The fraction of sp³-hybridized carbons (Fsp3) is 0. The van der Waals surface area contributed by atoms with Crippen LogP contribution in [0, 0.1) is 0 Å². The van der Waals surface area contributed by atoms with Gasteiger partial charge in [0.2, 0.25) is 0 Å². The van der Waals surface area contributed by atoms with Crippen molar-refractivity contribution in [1.29, 1.82) is 0 Å². The van der Waals surface area contributed by atoms with E-state index in [1.54, 1.807) is 0 Å². The van der Waals surface area contributed by atoms with Crippen LogP contribution in [-0.2, 0) is 0 Å². The Morgan fingerprint density at radius 1 is 0.255 bits per heavy atom. The first-order chi connectivity index (χ1) is 27.2. The first kappa shape index (κ1) is 32.2. The average molecular weight is 704 g/mol. The molecule has 4 heteroatoms. The number of benzene rings is 8. The van der Waals surface area contributed by atoms with Gasteiger partial charge in [-0.1, -0.05) is 182 Å². The number of hydrogen-bond donors (Lipinski definition) is 0. The fourth-order valence-corrected chi connectivity index (χ4v) is 7.39. The number of rotatable bonds is 7.